The Kier molecular flexibility index (Phi) is 4.49. The molecule has 1 aromatic heterocycles. The number of ether oxygens (including phenoxy) is 1. The van der Waals surface area contributed by atoms with Crippen LogP contribution in [0.5, 0.6) is 5.75 Å². The Hall–Kier alpha value is -2.09. The molecule has 1 atom stereocenters. The molecule has 0 radical (unpaired) electrons. The molecule has 1 fully saturated rings. The first-order valence-electron chi connectivity index (χ1n) is 8.11. The maximum absolute atomic E-state index is 13.4. The average molecular weight is 355 g/mol. The van der Waals surface area contributed by atoms with E-state index in [4.69, 9.17) is 9.26 Å². The average Bonchev–Trinajstić information content (AvgIpc) is 3.16. The SMILES string of the molecule is CC(C)(C)Oc1ccc(-c2noc([C@@H]3CCCN3)n2)cc1C(F)(F)F. The van der Waals surface area contributed by atoms with Gasteiger partial charge in [-0.05, 0) is 58.4 Å². The molecule has 0 amide bonds. The third kappa shape index (κ3) is 4.12. The molecular weight excluding hydrogens is 335 g/mol. The molecule has 0 bridgehead atoms. The van der Waals surface area contributed by atoms with E-state index in [2.05, 4.69) is 15.5 Å². The monoisotopic (exact) mass is 355 g/mol. The minimum atomic E-state index is -4.55. The molecule has 1 N–H and O–H groups in total. The van der Waals surface area contributed by atoms with Crippen LogP contribution in [-0.2, 0) is 6.18 Å². The Morgan fingerprint density at radius 2 is 2.00 bits per heavy atom. The number of rotatable bonds is 3. The van der Waals surface area contributed by atoms with Crippen LogP contribution in [-0.4, -0.2) is 22.3 Å². The first-order valence-corrected chi connectivity index (χ1v) is 8.11. The molecule has 0 spiro atoms. The predicted molar refractivity (Wildman–Crippen MR) is 85.1 cm³/mol. The summed E-state index contributed by atoms with van der Waals surface area (Å²) >= 11 is 0. The maximum Gasteiger partial charge on any atom is 0.419 e. The third-order valence-electron chi connectivity index (χ3n) is 3.76. The molecule has 2 heterocycles. The van der Waals surface area contributed by atoms with Crippen LogP contribution < -0.4 is 10.1 Å². The van der Waals surface area contributed by atoms with Gasteiger partial charge in [-0.3, -0.25) is 0 Å². The van der Waals surface area contributed by atoms with Crippen LogP contribution in [0.4, 0.5) is 13.2 Å². The summed E-state index contributed by atoms with van der Waals surface area (Å²) in [6.07, 6.45) is -2.68. The Morgan fingerprint density at radius 1 is 1.24 bits per heavy atom. The van der Waals surface area contributed by atoms with Crippen LogP contribution in [0.3, 0.4) is 0 Å². The van der Waals surface area contributed by atoms with Crippen molar-refractivity contribution in [3.05, 3.63) is 29.7 Å². The van der Waals surface area contributed by atoms with E-state index in [1.165, 1.54) is 12.1 Å². The quantitative estimate of drug-likeness (QED) is 0.887. The van der Waals surface area contributed by atoms with Gasteiger partial charge in [0, 0.05) is 5.56 Å². The number of aromatic nitrogens is 2. The second-order valence-corrected chi connectivity index (χ2v) is 7.03. The molecule has 3 rings (SSSR count). The molecule has 1 saturated heterocycles. The fourth-order valence-electron chi connectivity index (χ4n) is 2.70. The first kappa shape index (κ1) is 17.7. The summed E-state index contributed by atoms with van der Waals surface area (Å²) in [7, 11) is 0. The second-order valence-electron chi connectivity index (χ2n) is 7.03. The second kappa shape index (κ2) is 6.33. The third-order valence-corrected chi connectivity index (χ3v) is 3.76. The van der Waals surface area contributed by atoms with Crippen molar-refractivity contribution in [2.45, 2.75) is 51.4 Å². The normalized spacial score (nSPS) is 18.6. The number of hydrogen-bond acceptors (Lipinski definition) is 5. The standard InChI is InChI=1S/C17H20F3N3O2/c1-16(2,3)24-13-7-6-10(9-11(13)17(18,19)20)14-22-15(25-23-14)12-5-4-8-21-12/h6-7,9,12,21H,4-5,8H2,1-3H3/t12-/m0/s1. The van der Waals surface area contributed by atoms with Crippen LogP contribution in [0.15, 0.2) is 22.7 Å². The molecule has 5 nitrogen and oxygen atoms in total. The van der Waals surface area contributed by atoms with Gasteiger partial charge in [-0.25, -0.2) is 0 Å². The van der Waals surface area contributed by atoms with Crippen molar-refractivity contribution in [2.75, 3.05) is 6.54 Å². The zero-order valence-corrected chi connectivity index (χ0v) is 14.3. The van der Waals surface area contributed by atoms with Gasteiger partial charge in [0.2, 0.25) is 11.7 Å². The summed E-state index contributed by atoms with van der Waals surface area (Å²) in [4.78, 5) is 4.24. The fourth-order valence-corrected chi connectivity index (χ4v) is 2.70. The van der Waals surface area contributed by atoms with Crippen molar-refractivity contribution >= 4 is 0 Å². The molecule has 0 aliphatic carbocycles. The zero-order chi connectivity index (χ0) is 18.2. The maximum atomic E-state index is 13.4. The van der Waals surface area contributed by atoms with Gasteiger partial charge in [0.05, 0.1) is 11.6 Å². The fraction of sp³-hybridized carbons (Fsp3) is 0.529. The molecule has 1 aromatic carbocycles. The number of nitrogens with zero attached hydrogens (tertiary/aromatic N) is 2. The van der Waals surface area contributed by atoms with E-state index in [1.54, 1.807) is 20.8 Å². The van der Waals surface area contributed by atoms with Crippen molar-refractivity contribution < 1.29 is 22.4 Å². The van der Waals surface area contributed by atoms with E-state index in [0.717, 1.165) is 25.5 Å². The van der Waals surface area contributed by atoms with Crippen LogP contribution in [0.2, 0.25) is 0 Å². The van der Waals surface area contributed by atoms with E-state index in [-0.39, 0.29) is 23.2 Å². The molecule has 8 heteroatoms. The Bertz CT molecular complexity index is 744. The Labute approximate surface area is 143 Å². The molecule has 1 aliphatic heterocycles. The number of alkyl halides is 3. The highest BCUT2D eigenvalue weighted by Gasteiger charge is 2.36. The highest BCUT2D eigenvalue weighted by Crippen LogP contribution is 2.39. The van der Waals surface area contributed by atoms with E-state index in [1.807, 2.05) is 0 Å². The van der Waals surface area contributed by atoms with Crippen LogP contribution in [0.25, 0.3) is 11.4 Å². The van der Waals surface area contributed by atoms with Crippen molar-refractivity contribution in [3.8, 4) is 17.1 Å². The Morgan fingerprint density at radius 3 is 2.60 bits per heavy atom. The minimum absolute atomic E-state index is 0.0353. The van der Waals surface area contributed by atoms with Crippen molar-refractivity contribution in [2.24, 2.45) is 0 Å². The van der Waals surface area contributed by atoms with Crippen molar-refractivity contribution in [1.82, 2.24) is 15.5 Å². The lowest BCUT2D eigenvalue weighted by molar-refractivity contribution is -0.139. The van der Waals surface area contributed by atoms with Crippen molar-refractivity contribution in [3.63, 3.8) is 0 Å². The van der Waals surface area contributed by atoms with Gasteiger partial charge in [0.15, 0.2) is 0 Å². The summed E-state index contributed by atoms with van der Waals surface area (Å²) in [5.74, 6) is 0.317. The number of hydrogen-bond donors (Lipinski definition) is 1. The van der Waals surface area contributed by atoms with E-state index >= 15 is 0 Å². The van der Waals surface area contributed by atoms with Crippen molar-refractivity contribution in [1.29, 1.82) is 0 Å². The summed E-state index contributed by atoms with van der Waals surface area (Å²) < 4.78 is 50.9. The molecular formula is C17H20F3N3O2. The Balaban J connectivity index is 1.94. The zero-order valence-electron chi connectivity index (χ0n) is 14.3. The summed E-state index contributed by atoms with van der Waals surface area (Å²) in [5, 5.41) is 7.04. The summed E-state index contributed by atoms with van der Waals surface area (Å²) in [6, 6.07) is 3.77. The highest BCUT2D eigenvalue weighted by atomic mass is 19.4. The van der Waals surface area contributed by atoms with Gasteiger partial charge in [0.1, 0.15) is 11.4 Å². The number of benzene rings is 1. The molecule has 25 heavy (non-hydrogen) atoms. The van der Waals surface area contributed by atoms with Gasteiger partial charge < -0.3 is 14.6 Å². The molecule has 0 unspecified atom stereocenters. The molecule has 0 saturated carbocycles. The number of nitrogens with one attached hydrogen (secondary N) is 1. The molecule has 136 valence electrons. The van der Waals surface area contributed by atoms with Crippen LogP contribution >= 0.6 is 0 Å². The van der Waals surface area contributed by atoms with E-state index in [9.17, 15) is 13.2 Å². The predicted octanol–water partition coefficient (Wildman–Crippen LogP) is 4.36. The van der Waals surface area contributed by atoms with E-state index < -0.39 is 17.3 Å². The summed E-state index contributed by atoms with van der Waals surface area (Å²) in [5.41, 5.74) is -1.36. The smallest absolute Gasteiger partial charge is 0.419 e. The van der Waals surface area contributed by atoms with Gasteiger partial charge in [0.25, 0.3) is 0 Å². The number of halogens is 3. The lowest BCUT2D eigenvalue weighted by Crippen LogP contribution is -2.24. The van der Waals surface area contributed by atoms with Gasteiger partial charge >= 0.3 is 6.18 Å². The topological polar surface area (TPSA) is 60.2 Å². The van der Waals surface area contributed by atoms with Gasteiger partial charge in [-0.15, -0.1) is 0 Å². The largest absolute Gasteiger partial charge is 0.488 e. The van der Waals surface area contributed by atoms with Crippen LogP contribution in [0, 0.1) is 0 Å². The van der Waals surface area contributed by atoms with Crippen LogP contribution in [0.1, 0.15) is 51.1 Å². The van der Waals surface area contributed by atoms with Gasteiger partial charge in [-0.1, -0.05) is 5.16 Å². The lowest BCUT2D eigenvalue weighted by Gasteiger charge is -2.24. The molecule has 2 aromatic rings. The van der Waals surface area contributed by atoms with Gasteiger partial charge in [-0.2, -0.15) is 18.2 Å². The highest BCUT2D eigenvalue weighted by molar-refractivity contribution is 5.59. The van der Waals surface area contributed by atoms with E-state index in [0.29, 0.717) is 5.89 Å². The lowest BCUT2D eigenvalue weighted by atomic mass is 10.1. The summed E-state index contributed by atoms with van der Waals surface area (Å²) in [6.45, 7) is 5.95. The minimum Gasteiger partial charge on any atom is -0.488 e. The molecule has 1 aliphatic rings. The first-order chi connectivity index (χ1) is 11.6.